The minimum absolute atomic E-state index is 0.144. The van der Waals surface area contributed by atoms with Crippen LogP contribution in [-0.2, 0) is 17.6 Å². The summed E-state index contributed by atoms with van der Waals surface area (Å²) in [6.45, 7) is 0.678. The highest BCUT2D eigenvalue weighted by molar-refractivity contribution is 5.93. The highest BCUT2D eigenvalue weighted by Crippen LogP contribution is 2.51. The molecule has 1 fully saturated rings. The maximum Gasteiger partial charge on any atom is 0.339 e. The van der Waals surface area contributed by atoms with Crippen LogP contribution in [0.1, 0.15) is 35.4 Å². The van der Waals surface area contributed by atoms with Crippen molar-refractivity contribution in [2.45, 2.75) is 37.9 Å². The van der Waals surface area contributed by atoms with E-state index in [-0.39, 0.29) is 17.8 Å². The average molecular weight is 300 g/mol. The summed E-state index contributed by atoms with van der Waals surface area (Å²) in [7, 11) is 1.64. The van der Waals surface area contributed by atoms with Gasteiger partial charge in [0.1, 0.15) is 17.1 Å². The van der Waals surface area contributed by atoms with Crippen LogP contribution < -0.4 is 15.1 Å². The highest BCUT2D eigenvalue weighted by atomic mass is 16.7. The lowest BCUT2D eigenvalue weighted by Crippen LogP contribution is -2.14. The lowest BCUT2D eigenvalue weighted by atomic mass is 9.94. The summed E-state index contributed by atoms with van der Waals surface area (Å²) in [4.78, 5) is 12.3. The Balaban J connectivity index is 1.91. The van der Waals surface area contributed by atoms with Crippen molar-refractivity contribution in [3.63, 3.8) is 0 Å². The van der Waals surface area contributed by atoms with E-state index in [0.29, 0.717) is 12.2 Å². The number of methoxy groups -OCH3 is 1. The molecule has 1 aromatic carbocycles. The topological polar surface area (TPSA) is 57.9 Å². The van der Waals surface area contributed by atoms with Crippen molar-refractivity contribution in [3.05, 3.63) is 33.2 Å². The van der Waals surface area contributed by atoms with E-state index in [1.807, 2.05) is 6.07 Å². The third kappa shape index (κ3) is 1.44. The van der Waals surface area contributed by atoms with Gasteiger partial charge in [0.15, 0.2) is 0 Å². The van der Waals surface area contributed by atoms with Gasteiger partial charge >= 0.3 is 5.63 Å². The molecule has 1 aromatic heterocycles. The Morgan fingerprint density at radius 1 is 1.27 bits per heavy atom. The SMILES string of the molecule is COc1cc2c(c3oc(=O)c4c(c13)CCC4)C1CCO[C@@H]1O2. The number of benzene rings is 1. The Bertz CT molecular complexity index is 850. The van der Waals surface area contributed by atoms with Crippen molar-refractivity contribution in [2.24, 2.45) is 0 Å². The van der Waals surface area contributed by atoms with Crippen molar-refractivity contribution in [1.82, 2.24) is 0 Å². The smallest absolute Gasteiger partial charge is 0.339 e. The predicted molar refractivity (Wildman–Crippen MR) is 78.8 cm³/mol. The van der Waals surface area contributed by atoms with Gasteiger partial charge in [0.25, 0.3) is 0 Å². The molecule has 1 aliphatic carbocycles. The summed E-state index contributed by atoms with van der Waals surface area (Å²) >= 11 is 0. The van der Waals surface area contributed by atoms with Gasteiger partial charge < -0.3 is 18.6 Å². The molecule has 0 amide bonds. The first-order valence-electron chi connectivity index (χ1n) is 7.75. The molecule has 1 saturated heterocycles. The molecule has 1 unspecified atom stereocenters. The van der Waals surface area contributed by atoms with E-state index in [4.69, 9.17) is 18.6 Å². The van der Waals surface area contributed by atoms with Gasteiger partial charge in [0, 0.05) is 17.2 Å². The third-order valence-corrected chi connectivity index (χ3v) is 5.08. The van der Waals surface area contributed by atoms with Crippen LogP contribution in [0.15, 0.2) is 15.3 Å². The quantitative estimate of drug-likeness (QED) is 0.757. The Morgan fingerprint density at radius 2 is 2.14 bits per heavy atom. The van der Waals surface area contributed by atoms with Gasteiger partial charge in [-0.15, -0.1) is 0 Å². The summed E-state index contributed by atoms with van der Waals surface area (Å²) in [5, 5.41) is 0.949. The first-order valence-corrected chi connectivity index (χ1v) is 7.75. The first-order chi connectivity index (χ1) is 10.8. The Hall–Kier alpha value is -2.01. The van der Waals surface area contributed by atoms with Gasteiger partial charge in [-0.25, -0.2) is 4.79 Å². The summed E-state index contributed by atoms with van der Waals surface area (Å²) in [5.74, 6) is 1.58. The molecule has 0 radical (unpaired) electrons. The van der Waals surface area contributed by atoms with E-state index in [1.165, 1.54) is 0 Å². The largest absolute Gasteiger partial charge is 0.496 e. The number of hydrogen-bond acceptors (Lipinski definition) is 5. The van der Waals surface area contributed by atoms with Gasteiger partial charge in [-0.05, 0) is 31.2 Å². The molecule has 0 bridgehead atoms. The lowest BCUT2D eigenvalue weighted by Gasteiger charge is -2.13. The highest BCUT2D eigenvalue weighted by Gasteiger charge is 2.42. The Labute approximate surface area is 126 Å². The van der Waals surface area contributed by atoms with Crippen LogP contribution in [0.2, 0.25) is 0 Å². The van der Waals surface area contributed by atoms with Gasteiger partial charge in [-0.2, -0.15) is 0 Å². The molecule has 0 N–H and O–H groups in total. The molecule has 2 atom stereocenters. The van der Waals surface area contributed by atoms with E-state index in [0.717, 1.165) is 59.3 Å². The molecular weight excluding hydrogens is 284 g/mol. The minimum Gasteiger partial charge on any atom is -0.496 e. The van der Waals surface area contributed by atoms with Crippen LogP contribution in [-0.4, -0.2) is 20.0 Å². The van der Waals surface area contributed by atoms with Gasteiger partial charge in [-0.3, -0.25) is 0 Å². The van der Waals surface area contributed by atoms with Crippen LogP contribution in [0, 0.1) is 0 Å². The number of hydrogen-bond donors (Lipinski definition) is 0. The van der Waals surface area contributed by atoms with Crippen LogP contribution in [0.4, 0.5) is 0 Å². The van der Waals surface area contributed by atoms with Crippen molar-refractivity contribution >= 4 is 11.0 Å². The van der Waals surface area contributed by atoms with Crippen molar-refractivity contribution in [2.75, 3.05) is 13.7 Å². The van der Waals surface area contributed by atoms with Crippen molar-refractivity contribution in [3.8, 4) is 11.5 Å². The van der Waals surface area contributed by atoms with E-state index in [2.05, 4.69) is 0 Å². The summed E-state index contributed by atoms with van der Waals surface area (Å²) < 4.78 is 22.8. The molecule has 5 nitrogen and oxygen atoms in total. The van der Waals surface area contributed by atoms with E-state index in [1.54, 1.807) is 7.11 Å². The first kappa shape index (κ1) is 12.5. The fourth-order valence-corrected chi connectivity index (χ4v) is 4.11. The number of rotatable bonds is 1. The van der Waals surface area contributed by atoms with Crippen molar-refractivity contribution < 1.29 is 18.6 Å². The van der Waals surface area contributed by atoms with Gasteiger partial charge in [0.05, 0.1) is 25.0 Å². The molecule has 22 heavy (non-hydrogen) atoms. The van der Waals surface area contributed by atoms with E-state index in [9.17, 15) is 4.79 Å². The fraction of sp³-hybridized carbons (Fsp3) is 0.471. The third-order valence-electron chi connectivity index (χ3n) is 5.08. The van der Waals surface area contributed by atoms with Crippen LogP contribution in [0.5, 0.6) is 11.5 Å². The molecule has 114 valence electrons. The molecule has 5 heteroatoms. The zero-order valence-corrected chi connectivity index (χ0v) is 12.3. The Morgan fingerprint density at radius 3 is 3.00 bits per heavy atom. The fourth-order valence-electron chi connectivity index (χ4n) is 4.11. The Kier molecular flexibility index (Phi) is 2.42. The summed E-state index contributed by atoms with van der Waals surface area (Å²) in [6.07, 6.45) is 3.31. The molecule has 2 aliphatic heterocycles. The monoisotopic (exact) mass is 300 g/mol. The predicted octanol–water partition coefficient (Wildman–Crippen LogP) is 2.51. The second-order valence-corrected chi connectivity index (χ2v) is 6.15. The molecule has 5 rings (SSSR count). The standard InChI is InChI=1S/C17H16O5/c1-19-11-7-12-14(10-5-6-20-17(10)21-12)15-13(11)8-3-2-4-9(8)16(18)22-15/h7,10,17H,2-6H2,1H3/t10?,17-/m1/s1. The lowest BCUT2D eigenvalue weighted by molar-refractivity contribution is -0.0337. The maximum atomic E-state index is 12.3. The van der Waals surface area contributed by atoms with Gasteiger partial charge in [0.2, 0.25) is 6.29 Å². The zero-order chi connectivity index (χ0) is 14.8. The second kappa shape index (κ2) is 4.26. The van der Waals surface area contributed by atoms with Crippen molar-refractivity contribution in [1.29, 1.82) is 0 Å². The van der Waals surface area contributed by atoms with Crippen LogP contribution >= 0.6 is 0 Å². The van der Waals surface area contributed by atoms with Crippen LogP contribution in [0.3, 0.4) is 0 Å². The molecule has 3 heterocycles. The normalized spacial score (nSPS) is 25.0. The zero-order valence-electron chi connectivity index (χ0n) is 12.3. The van der Waals surface area contributed by atoms with E-state index < -0.39 is 0 Å². The number of fused-ring (bicyclic) bond motifs is 7. The second-order valence-electron chi connectivity index (χ2n) is 6.15. The van der Waals surface area contributed by atoms with Gasteiger partial charge in [-0.1, -0.05) is 0 Å². The molecule has 0 saturated carbocycles. The van der Waals surface area contributed by atoms with Crippen LogP contribution in [0.25, 0.3) is 11.0 Å². The summed E-state index contributed by atoms with van der Waals surface area (Å²) in [5.41, 5.74) is 3.30. The summed E-state index contributed by atoms with van der Waals surface area (Å²) in [6, 6.07) is 1.91. The minimum atomic E-state index is -0.260. The molecule has 3 aliphatic rings. The molecule has 2 aromatic rings. The number of ether oxygens (including phenoxy) is 3. The maximum absolute atomic E-state index is 12.3. The number of aryl methyl sites for hydroxylation is 1. The average Bonchev–Trinajstić information content (AvgIpc) is 3.20. The van der Waals surface area contributed by atoms with E-state index >= 15 is 0 Å². The molecule has 0 spiro atoms. The molecular formula is C17H16O5.